The van der Waals surface area contributed by atoms with E-state index in [9.17, 15) is 19.2 Å². The molecule has 1 aliphatic heterocycles. The molecular weight excluding hydrogens is 410 g/mol. The molecule has 3 heterocycles. The van der Waals surface area contributed by atoms with Gasteiger partial charge in [-0.05, 0) is 25.8 Å². The predicted octanol–water partition coefficient (Wildman–Crippen LogP) is 0.693. The Balaban J connectivity index is 1.47. The molecule has 1 aliphatic rings. The molecule has 10 nitrogen and oxygen atoms in total. The Morgan fingerprint density at radius 1 is 1.33 bits per heavy atom. The first-order chi connectivity index (χ1) is 14.4. The molecule has 0 aromatic carbocycles. The van der Waals surface area contributed by atoms with Crippen molar-refractivity contribution in [2.24, 2.45) is 0 Å². The first-order valence-electron chi connectivity index (χ1n) is 9.46. The molecule has 11 heteroatoms. The van der Waals surface area contributed by atoms with Crippen LogP contribution in [0.4, 0.5) is 5.13 Å². The Morgan fingerprint density at radius 2 is 2.13 bits per heavy atom. The third-order valence-electron chi connectivity index (χ3n) is 4.78. The van der Waals surface area contributed by atoms with E-state index in [2.05, 4.69) is 20.9 Å². The number of anilines is 1. The molecule has 0 bridgehead atoms. The number of amides is 4. The maximum Gasteiger partial charge on any atom is 0.260 e. The number of carbonyl (C=O) groups excluding carboxylic acids is 4. The molecule has 3 rings (SSSR count). The molecule has 1 saturated heterocycles. The van der Waals surface area contributed by atoms with E-state index in [1.54, 1.807) is 18.4 Å². The van der Waals surface area contributed by atoms with Crippen LogP contribution in [-0.2, 0) is 20.8 Å². The zero-order valence-corrected chi connectivity index (χ0v) is 17.5. The van der Waals surface area contributed by atoms with Crippen molar-refractivity contribution in [3.05, 3.63) is 34.7 Å². The van der Waals surface area contributed by atoms with Gasteiger partial charge in [-0.1, -0.05) is 0 Å². The van der Waals surface area contributed by atoms with Crippen molar-refractivity contribution in [1.82, 2.24) is 20.5 Å². The van der Waals surface area contributed by atoms with Gasteiger partial charge in [-0.25, -0.2) is 4.98 Å². The van der Waals surface area contributed by atoms with E-state index in [1.807, 2.05) is 0 Å². The van der Waals surface area contributed by atoms with Crippen LogP contribution in [-0.4, -0.2) is 59.7 Å². The first-order valence-corrected chi connectivity index (χ1v) is 10.3. The van der Waals surface area contributed by atoms with Gasteiger partial charge in [0.1, 0.15) is 11.8 Å². The van der Waals surface area contributed by atoms with E-state index in [4.69, 9.17) is 4.42 Å². The summed E-state index contributed by atoms with van der Waals surface area (Å²) in [5, 5.41) is 9.82. The highest BCUT2D eigenvalue weighted by atomic mass is 32.1. The van der Waals surface area contributed by atoms with Crippen LogP contribution in [0.5, 0.6) is 0 Å². The Hall–Kier alpha value is -3.21. The Bertz CT molecular complexity index is 953. The molecule has 30 heavy (non-hydrogen) atoms. The molecule has 3 N–H and O–H groups in total. The monoisotopic (exact) mass is 433 g/mol. The Labute approximate surface area is 177 Å². The molecule has 2 aromatic heterocycles. The molecule has 4 amide bonds. The molecule has 0 radical (unpaired) electrons. The number of aryl methyl sites for hydroxylation is 1. The fourth-order valence-electron chi connectivity index (χ4n) is 3.24. The van der Waals surface area contributed by atoms with Crippen LogP contribution in [0.3, 0.4) is 0 Å². The van der Waals surface area contributed by atoms with Crippen molar-refractivity contribution in [2.75, 3.05) is 25.5 Å². The standard InChI is InChI=1S/C19H23N5O5S/c1-11-13(5-7-29-11)17(27)23-19-22-12(10-30-19)8-15(25)21-9-16(26)24-6-3-4-14(24)18(28)20-2/h5,7,10,14H,3-4,6,8-9H2,1-2H3,(H,20,28)(H,21,25)(H,22,23,27). The maximum atomic E-state index is 12.4. The van der Waals surface area contributed by atoms with E-state index in [1.165, 1.54) is 29.5 Å². The number of carbonyl (C=O) groups is 4. The van der Waals surface area contributed by atoms with Crippen LogP contribution in [0, 0.1) is 6.92 Å². The lowest BCUT2D eigenvalue weighted by Crippen LogP contribution is -2.48. The highest BCUT2D eigenvalue weighted by molar-refractivity contribution is 7.14. The number of likely N-dealkylation sites (N-methyl/N-ethyl adjacent to an activating group) is 1. The summed E-state index contributed by atoms with van der Waals surface area (Å²) in [4.78, 5) is 54.3. The van der Waals surface area contributed by atoms with Crippen LogP contribution in [0.25, 0.3) is 0 Å². The number of likely N-dealkylation sites (tertiary alicyclic amines) is 1. The third-order valence-corrected chi connectivity index (χ3v) is 5.58. The van der Waals surface area contributed by atoms with Crippen molar-refractivity contribution >= 4 is 40.1 Å². The summed E-state index contributed by atoms with van der Waals surface area (Å²) in [6.07, 6.45) is 2.78. The van der Waals surface area contributed by atoms with E-state index >= 15 is 0 Å². The largest absolute Gasteiger partial charge is 0.469 e. The number of nitrogens with one attached hydrogen (secondary N) is 3. The summed E-state index contributed by atoms with van der Waals surface area (Å²) in [5.41, 5.74) is 0.897. The van der Waals surface area contributed by atoms with Gasteiger partial charge in [0.25, 0.3) is 5.91 Å². The van der Waals surface area contributed by atoms with Gasteiger partial charge >= 0.3 is 0 Å². The molecule has 160 valence electrons. The van der Waals surface area contributed by atoms with Crippen molar-refractivity contribution in [1.29, 1.82) is 0 Å². The SMILES string of the molecule is CNC(=O)C1CCCN1C(=O)CNC(=O)Cc1csc(NC(=O)c2ccoc2C)n1. The molecular formula is C19H23N5O5S. The number of hydrogen-bond donors (Lipinski definition) is 3. The van der Waals surface area contributed by atoms with Gasteiger partial charge < -0.3 is 20.0 Å². The van der Waals surface area contributed by atoms with E-state index < -0.39 is 6.04 Å². The van der Waals surface area contributed by atoms with Gasteiger partial charge in [0.05, 0.1) is 30.5 Å². The van der Waals surface area contributed by atoms with Gasteiger partial charge in [0, 0.05) is 19.0 Å². The average molecular weight is 433 g/mol. The van der Waals surface area contributed by atoms with E-state index in [0.29, 0.717) is 35.1 Å². The molecule has 0 spiro atoms. The minimum absolute atomic E-state index is 0.0245. The van der Waals surface area contributed by atoms with Gasteiger partial charge in [-0.3, -0.25) is 24.5 Å². The van der Waals surface area contributed by atoms with Crippen molar-refractivity contribution < 1.29 is 23.6 Å². The quantitative estimate of drug-likeness (QED) is 0.588. The Morgan fingerprint density at radius 3 is 2.83 bits per heavy atom. The van der Waals surface area contributed by atoms with Gasteiger partial charge in [-0.15, -0.1) is 11.3 Å². The number of hydrogen-bond acceptors (Lipinski definition) is 7. The molecule has 0 saturated carbocycles. The molecule has 1 fully saturated rings. The predicted molar refractivity (Wildman–Crippen MR) is 109 cm³/mol. The molecule has 0 aliphatic carbocycles. The second-order valence-corrected chi connectivity index (χ2v) is 7.66. The lowest BCUT2D eigenvalue weighted by atomic mass is 10.2. The van der Waals surface area contributed by atoms with E-state index in [-0.39, 0.29) is 36.6 Å². The highest BCUT2D eigenvalue weighted by Crippen LogP contribution is 2.19. The van der Waals surface area contributed by atoms with Crippen LogP contribution in [0.15, 0.2) is 22.1 Å². The molecule has 1 atom stereocenters. The number of rotatable bonds is 7. The highest BCUT2D eigenvalue weighted by Gasteiger charge is 2.33. The summed E-state index contributed by atoms with van der Waals surface area (Å²) < 4.78 is 5.11. The summed E-state index contributed by atoms with van der Waals surface area (Å²) in [5.74, 6) is -0.697. The molecule has 1 unspecified atom stereocenters. The van der Waals surface area contributed by atoms with Gasteiger partial charge in [-0.2, -0.15) is 0 Å². The number of thiazole rings is 1. The second kappa shape index (κ2) is 9.53. The van der Waals surface area contributed by atoms with Crippen LogP contribution in [0.1, 0.15) is 34.7 Å². The smallest absolute Gasteiger partial charge is 0.260 e. The van der Waals surface area contributed by atoms with Crippen LogP contribution < -0.4 is 16.0 Å². The molecule has 2 aromatic rings. The van der Waals surface area contributed by atoms with Crippen molar-refractivity contribution in [3.8, 4) is 0 Å². The van der Waals surface area contributed by atoms with Crippen molar-refractivity contribution in [3.63, 3.8) is 0 Å². The zero-order chi connectivity index (χ0) is 21.7. The normalized spacial score (nSPS) is 15.7. The topological polar surface area (TPSA) is 134 Å². The van der Waals surface area contributed by atoms with Crippen LogP contribution in [0.2, 0.25) is 0 Å². The minimum Gasteiger partial charge on any atom is -0.469 e. The lowest BCUT2D eigenvalue weighted by molar-refractivity contribution is -0.138. The fourth-order valence-corrected chi connectivity index (χ4v) is 3.94. The number of nitrogens with zero attached hydrogens (tertiary/aromatic N) is 2. The van der Waals surface area contributed by atoms with Gasteiger partial charge in [0.15, 0.2) is 5.13 Å². The summed E-state index contributed by atoms with van der Waals surface area (Å²) >= 11 is 1.20. The maximum absolute atomic E-state index is 12.4. The Kier molecular flexibility index (Phi) is 6.83. The summed E-state index contributed by atoms with van der Waals surface area (Å²) in [6.45, 7) is 2.00. The van der Waals surface area contributed by atoms with Crippen LogP contribution >= 0.6 is 11.3 Å². The average Bonchev–Trinajstić information content (AvgIpc) is 3.46. The van der Waals surface area contributed by atoms with Gasteiger partial charge in [0.2, 0.25) is 17.7 Å². The first kappa shape index (κ1) is 21.5. The summed E-state index contributed by atoms with van der Waals surface area (Å²) in [7, 11) is 1.53. The second-order valence-electron chi connectivity index (χ2n) is 6.80. The third kappa shape index (κ3) is 5.03. The minimum atomic E-state index is -0.483. The van der Waals surface area contributed by atoms with Crippen molar-refractivity contribution in [2.45, 2.75) is 32.2 Å². The zero-order valence-electron chi connectivity index (χ0n) is 16.7. The fraction of sp³-hybridized carbons (Fsp3) is 0.421. The van der Waals surface area contributed by atoms with E-state index in [0.717, 1.165) is 6.42 Å². The number of furan rings is 1. The summed E-state index contributed by atoms with van der Waals surface area (Å²) in [6, 6.07) is 1.08. The lowest BCUT2D eigenvalue weighted by Gasteiger charge is -2.23. The number of aromatic nitrogens is 1.